The van der Waals surface area contributed by atoms with Gasteiger partial charge in [0.1, 0.15) is 0 Å². The van der Waals surface area contributed by atoms with Crippen LogP contribution in [0.15, 0.2) is 29.3 Å². The molecule has 25 heavy (non-hydrogen) atoms. The Morgan fingerprint density at radius 1 is 1.32 bits per heavy atom. The summed E-state index contributed by atoms with van der Waals surface area (Å²) in [6, 6.07) is 8.57. The van der Waals surface area contributed by atoms with Gasteiger partial charge in [-0.2, -0.15) is 0 Å². The molecule has 0 bridgehead atoms. The smallest absolute Gasteiger partial charge is 0.191 e. The molecule has 1 aliphatic carbocycles. The lowest BCUT2D eigenvalue weighted by molar-refractivity contribution is 0.144. The van der Waals surface area contributed by atoms with Gasteiger partial charge in [-0.3, -0.25) is 4.90 Å². The summed E-state index contributed by atoms with van der Waals surface area (Å²) >= 11 is 6.02. The van der Waals surface area contributed by atoms with E-state index in [4.69, 9.17) is 16.3 Å². The maximum absolute atomic E-state index is 6.02. The van der Waals surface area contributed by atoms with Crippen LogP contribution in [0.4, 0.5) is 0 Å². The fraction of sp³-hybridized carbons (Fsp3) is 0.611. The molecule has 1 fully saturated rings. The van der Waals surface area contributed by atoms with E-state index < -0.39 is 0 Å². The molecular formula is C18H30ClIN4O. The quantitative estimate of drug-likeness (QED) is 0.307. The number of ether oxygens (including phenoxy) is 1. The van der Waals surface area contributed by atoms with E-state index in [2.05, 4.69) is 27.4 Å². The number of halogens is 2. The van der Waals surface area contributed by atoms with E-state index in [1.54, 1.807) is 7.11 Å². The van der Waals surface area contributed by atoms with Gasteiger partial charge in [0, 0.05) is 44.4 Å². The number of hydrogen-bond acceptors (Lipinski definition) is 3. The van der Waals surface area contributed by atoms with Crippen LogP contribution in [-0.2, 0) is 11.3 Å². The van der Waals surface area contributed by atoms with Gasteiger partial charge in [0.25, 0.3) is 0 Å². The Hall–Kier alpha value is -0.570. The second-order valence-corrected chi connectivity index (χ2v) is 6.45. The molecule has 1 aliphatic rings. The summed E-state index contributed by atoms with van der Waals surface area (Å²) in [5.41, 5.74) is 1.11. The van der Waals surface area contributed by atoms with Crippen molar-refractivity contribution in [1.82, 2.24) is 15.5 Å². The van der Waals surface area contributed by atoms with Crippen molar-refractivity contribution in [3.63, 3.8) is 0 Å². The number of nitrogens with one attached hydrogen (secondary N) is 2. The van der Waals surface area contributed by atoms with Gasteiger partial charge in [0.05, 0.1) is 13.2 Å². The summed E-state index contributed by atoms with van der Waals surface area (Å²) in [6.45, 7) is 7.21. The Labute approximate surface area is 173 Å². The number of nitrogens with zero attached hydrogens (tertiary/aromatic N) is 2. The Balaban J connectivity index is 0.00000312. The predicted octanol–water partition coefficient (Wildman–Crippen LogP) is 3.12. The molecule has 1 saturated carbocycles. The second-order valence-electron chi connectivity index (χ2n) is 6.01. The lowest BCUT2D eigenvalue weighted by Crippen LogP contribution is -2.42. The van der Waals surface area contributed by atoms with Gasteiger partial charge in [-0.15, -0.1) is 24.0 Å². The van der Waals surface area contributed by atoms with Crippen molar-refractivity contribution in [2.45, 2.75) is 32.4 Å². The van der Waals surface area contributed by atoms with Gasteiger partial charge in [-0.25, -0.2) is 4.99 Å². The van der Waals surface area contributed by atoms with Crippen molar-refractivity contribution >= 4 is 41.5 Å². The molecule has 7 heteroatoms. The first-order valence-corrected chi connectivity index (χ1v) is 9.10. The van der Waals surface area contributed by atoms with Crippen LogP contribution in [0.2, 0.25) is 5.02 Å². The highest BCUT2D eigenvalue weighted by Gasteiger charge is 2.28. The van der Waals surface area contributed by atoms with Crippen molar-refractivity contribution in [3.05, 3.63) is 34.9 Å². The van der Waals surface area contributed by atoms with E-state index in [0.29, 0.717) is 6.54 Å². The minimum absolute atomic E-state index is 0. The molecular weight excluding hydrogens is 451 g/mol. The lowest BCUT2D eigenvalue weighted by Gasteiger charge is -2.22. The van der Waals surface area contributed by atoms with Gasteiger partial charge in [0.15, 0.2) is 5.96 Å². The molecule has 0 atom stereocenters. The number of methoxy groups -OCH3 is 1. The average molecular weight is 481 g/mol. The summed E-state index contributed by atoms with van der Waals surface area (Å²) in [6.07, 6.45) is 2.62. The SMILES string of the molecule is CCNC(=NCc1cccc(Cl)c1)NCCN(CCOC)C1CC1.I. The number of aliphatic imine (C=N–C) groups is 1. The molecule has 0 aliphatic heterocycles. The van der Waals surface area contributed by atoms with Crippen molar-refractivity contribution in [2.75, 3.05) is 39.9 Å². The fourth-order valence-corrected chi connectivity index (χ4v) is 2.80. The third-order valence-corrected chi connectivity index (χ3v) is 4.23. The van der Waals surface area contributed by atoms with Crippen LogP contribution in [0.3, 0.4) is 0 Å². The predicted molar refractivity (Wildman–Crippen MR) is 116 cm³/mol. The van der Waals surface area contributed by atoms with E-state index in [1.165, 1.54) is 12.8 Å². The van der Waals surface area contributed by atoms with E-state index in [9.17, 15) is 0 Å². The van der Waals surface area contributed by atoms with Gasteiger partial charge in [0.2, 0.25) is 0 Å². The molecule has 142 valence electrons. The van der Waals surface area contributed by atoms with Crippen molar-refractivity contribution in [2.24, 2.45) is 4.99 Å². The first-order valence-electron chi connectivity index (χ1n) is 8.72. The Bertz CT molecular complexity index is 526. The summed E-state index contributed by atoms with van der Waals surface area (Å²) < 4.78 is 5.20. The molecule has 0 radical (unpaired) electrons. The Kier molecular flexibility index (Phi) is 11.4. The van der Waals surface area contributed by atoms with E-state index in [1.807, 2.05) is 24.3 Å². The zero-order chi connectivity index (χ0) is 17.2. The maximum atomic E-state index is 6.02. The fourth-order valence-electron chi connectivity index (χ4n) is 2.59. The molecule has 0 aromatic heterocycles. The van der Waals surface area contributed by atoms with Crippen LogP contribution in [0.5, 0.6) is 0 Å². The van der Waals surface area contributed by atoms with E-state index in [-0.39, 0.29) is 24.0 Å². The lowest BCUT2D eigenvalue weighted by atomic mass is 10.2. The zero-order valence-corrected chi connectivity index (χ0v) is 18.2. The highest BCUT2D eigenvalue weighted by Crippen LogP contribution is 2.25. The second kappa shape index (κ2) is 12.7. The first kappa shape index (κ1) is 22.5. The highest BCUT2D eigenvalue weighted by molar-refractivity contribution is 14.0. The third kappa shape index (κ3) is 9.08. The zero-order valence-electron chi connectivity index (χ0n) is 15.1. The standard InChI is InChI=1S/C18H29ClN4O.HI/c1-3-20-18(22-14-15-5-4-6-16(19)13-15)21-9-10-23(11-12-24-2)17-7-8-17;/h4-6,13,17H,3,7-12,14H2,1-2H3,(H2,20,21,22);1H. The van der Waals surface area contributed by atoms with Gasteiger partial charge in [-0.1, -0.05) is 23.7 Å². The number of benzene rings is 1. The highest BCUT2D eigenvalue weighted by atomic mass is 127. The molecule has 0 saturated heterocycles. The molecule has 1 aromatic carbocycles. The first-order chi connectivity index (χ1) is 11.7. The van der Waals surface area contributed by atoms with Crippen molar-refractivity contribution in [3.8, 4) is 0 Å². The molecule has 0 unspecified atom stereocenters. The minimum atomic E-state index is 0. The van der Waals surface area contributed by atoms with E-state index in [0.717, 1.165) is 55.4 Å². The normalized spacial score (nSPS) is 14.3. The Morgan fingerprint density at radius 3 is 2.76 bits per heavy atom. The minimum Gasteiger partial charge on any atom is -0.383 e. The summed E-state index contributed by atoms with van der Waals surface area (Å²) in [5, 5.41) is 7.46. The number of hydrogen-bond donors (Lipinski definition) is 2. The Morgan fingerprint density at radius 2 is 2.12 bits per heavy atom. The van der Waals surface area contributed by atoms with Gasteiger partial charge in [-0.05, 0) is 37.5 Å². The molecule has 0 heterocycles. The maximum Gasteiger partial charge on any atom is 0.191 e. The average Bonchev–Trinajstić information content (AvgIpc) is 3.40. The van der Waals surface area contributed by atoms with E-state index >= 15 is 0 Å². The molecule has 5 nitrogen and oxygen atoms in total. The molecule has 0 spiro atoms. The number of rotatable bonds is 10. The van der Waals surface area contributed by atoms with Crippen LogP contribution in [0, 0.1) is 0 Å². The van der Waals surface area contributed by atoms with Crippen LogP contribution < -0.4 is 10.6 Å². The molecule has 0 amide bonds. The monoisotopic (exact) mass is 480 g/mol. The topological polar surface area (TPSA) is 48.9 Å². The summed E-state index contributed by atoms with van der Waals surface area (Å²) in [5.74, 6) is 0.847. The molecule has 2 N–H and O–H groups in total. The van der Waals surface area contributed by atoms with Crippen molar-refractivity contribution in [1.29, 1.82) is 0 Å². The molecule has 1 aromatic rings. The van der Waals surface area contributed by atoms with Crippen LogP contribution >= 0.6 is 35.6 Å². The third-order valence-electron chi connectivity index (χ3n) is 3.99. The van der Waals surface area contributed by atoms with Crippen molar-refractivity contribution < 1.29 is 4.74 Å². The van der Waals surface area contributed by atoms with Crippen LogP contribution in [-0.4, -0.2) is 56.8 Å². The van der Waals surface area contributed by atoms with Crippen LogP contribution in [0.1, 0.15) is 25.3 Å². The van der Waals surface area contributed by atoms with Gasteiger partial charge < -0.3 is 15.4 Å². The molecule has 2 rings (SSSR count). The van der Waals surface area contributed by atoms with Gasteiger partial charge >= 0.3 is 0 Å². The summed E-state index contributed by atoms with van der Waals surface area (Å²) in [4.78, 5) is 7.13. The van der Waals surface area contributed by atoms with Crippen LogP contribution in [0.25, 0.3) is 0 Å². The largest absolute Gasteiger partial charge is 0.383 e. The number of guanidine groups is 1. The summed E-state index contributed by atoms with van der Waals surface area (Å²) in [7, 11) is 1.76.